The summed E-state index contributed by atoms with van der Waals surface area (Å²) in [6.45, 7) is 1.90. The SMILES string of the molecule is CCOC(=O)[C@H]1O[C@@H](c2ccc(F)cc2)O[C@@H]1c1ccc(F)cc1. The zero-order valence-electron chi connectivity index (χ0n) is 12.9. The molecule has 0 amide bonds. The van der Waals surface area contributed by atoms with E-state index in [0.29, 0.717) is 11.1 Å². The van der Waals surface area contributed by atoms with Gasteiger partial charge in [-0.25, -0.2) is 13.6 Å². The van der Waals surface area contributed by atoms with E-state index in [1.807, 2.05) is 0 Å². The number of carbonyl (C=O) groups is 1. The van der Waals surface area contributed by atoms with Crippen molar-refractivity contribution < 1.29 is 27.8 Å². The number of carbonyl (C=O) groups excluding carboxylic acids is 1. The summed E-state index contributed by atoms with van der Waals surface area (Å²) in [6, 6.07) is 11.2. The van der Waals surface area contributed by atoms with E-state index in [1.54, 1.807) is 6.92 Å². The van der Waals surface area contributed by atoms with Crippen molar-refractivity contribution in [1.29, 1.82) is 0 Å². The molecule has 3 atom stereocenters. The van der Waals surface area contributed by atoms with E-state index in [2.05, 4.69) is 0 Å². The van der Waals surface area contributed by atoms with Gasteiger partial charge < -0.3 is 14.2 Å². The first-order valence-electron chi connectivity index (χ1n) is 7.57. The molecule has 6 heteroatoms. The minimum absolute atomic E-state index is 0.204. The summed E-state index contributed by atoms with van der Waals surface area (Å²) >= 11 is 0. The molecule has 4 nitrogen and oxygen atoms in total. The van der Waals surface area contributed by atoms with Gasteiger partial charge in [0.15, 0.2) is 12.4 Å². The molecule has 1 aliphatic heterocycles. The number of esters is 1. The molecule has 2 aromatic carbocycles. The summed E-state index contributed by atoms with van der Waals surface area (Å²) < 4.78 is 42.7. The van der Waals surface area contributed by atoms with E-state index in [9.17, 15) is 13.6 Å². The van der Waals surface area contributed by atoms with Crippen molar-refractivity contribution in [2.45, 2.75) is 25.4 Å². The summed E-state index contributed by atoms with van der Waals surface area (Å²) in [4.78, 5) is 12.2. The Bertz CT molecular complexity index is 700. The molecule has 1 heterocycles. The van der Waals surface area contributed by atoms with E-state index in [0.717, 1.165) is 0 Å². The smallest absolute Gasteiger partial charge is 0.338 e. The predicted octanol–water partition coefficient (Wildman–Crippen LogP) is 3.68. The van der Waals surface area contributed by atoms with Crippen LogP contribution in [0.15, 0.2) is 48.5 Å². The Labute approximate surface area is 138 Å². The largest absolute Gasteiger partial charge is 0.464 e. The average molecular weight is 334 g/mol. The molecule has 0 aliphatic carbocycles. The topological polar surface area (TPSA) is 44.8 Å². The predicted molar refractivity (Wildman–Crippen MR) is 80.9 cm³/mol. The van der Waals surface area contributed by atoms with E-state index in [1.165, 1.54) is 48.5 Å². The maximum Gasteiger partial charge on any atom is 0.338 e. The lowest BCUT2D eigenvalue weighted by atomic mass is 10.0. The van der Waals surface area contributed by atoms with Gasteiger partial charge in [-0.15, -0.1) is 0 Å². The van der Waals surface area contributed by atoms with E-state index >= 15 is 0 Å². The summed E-state index contributed by atoms with van der Waals surface area (Å²) in [7, 11) is 0. The van der Waals surface area contributed by atoms with Gasteiger partial charge in [0, 0.05) is 5.56 Å². The first-order chi connectivity index (χ1) is 11.6. The van der Waals surface area contributed by atoms with Gasteiger partial charge in [-0.05, 0) is 36.8 Å². The highest BCUT2D eigenvalue weighted by Crippen LogP contribution is 2.40. The van der Waals surface area contributed by atoms with Crippen molar-refractivity contribution in [1.82, 2.24) is 0 Å². The van der Waals surface area contributed by atoms with E-state index in [-0.39, 0.29) is 18.2 Å². The highest BCUT2D eigenvalue weighted by atomic mass is 19.1. The van der Waals surface area contributed by atoms with E-state index < -0.39 is 24.5 Å². The van der Waals surface area contributed by atoms with Crippen molar-refractivity contribution in [3.8, 4) is 0 Å². The molecule has 0 bridgehead atoms. The zero-order chi connectivity index (χ0) is 17.1. The fourth-order valence-corrected chi connectivity index (χ4v) is 2.53. The molecule has 0 N–H and O–H groups in total. The van der Waals surface area contributed by atoms with Crippen LogP contribution in [-0.4, -0.2) is 18.7 Å². The minimum Gasteiger partial charge on any atom is -0.464 e. The number of halogens is 2. The van der Waals surface area contributed by atoms with Crippen LogP contribution in [0.5, 0.6) is 0 Å². The average Bonchev–Trinajstić information content (AvgIpc) is 3.02. The monoisotopic (exact) mass is 334 g/mol. The Balaban J connectivity index is 1.87. The minimum atomic E-state index is -0.981. The van der Waals surface area contributed by atoms with Crippen molar-refractivity contribution in [2.75, 3.05) is 6.61 Å². The zero-order valence-corrected chi connectivity index (χ0v) is 12.9. The molecule has 1 aliphatic rings. The molecule has 0 aromatic heterocycles. The Kier molecular flexibility index (Phi) is 4.87. The lowest BCUT2D eigenvalue weighted by Crippen LogP contribution is -2.28. The summed E-state index contributed by atoms with van der Waals surface area (Å²) in [5, 5.41) is 0. The highest BCUT2D eigenvalue weighted by Gasteiger charge is 2.43. The molecular weight excluding hydrogens is 318 g/mol. The van der Waals surface area contributed by atoms with Gasteiger partial charge in [-0.3, -0.25) is 0 Å². The Morgan fingerprint density at radius 2 is 1.50 bits per heavy atom. The van der Waals surface area contributed by atoms with Crippen LogP contribution in [0.2, 0.25) is 0 Å². The third-order valence-electron chi connectivity index (χ3n) is 3.67. The first-order valence-corrected chi connectivity index (χ1v) is 7.57. The third kappa shape index (κ3) is 3.44. The molecule has 126 valence electrons. The van der Waals surface area contributed by atoms with Crippen molar-refractivity contribution in [3.05, 3.63) is 71.3 Å². The standard InChI is InChI=1S/C18H16F2O4/c1-2-22-17(21)16-15(11-3-7-13(19)8-4-11)23-18(24-16)12-5-9-14(20)10-6-12/h3-10,15-16,18H,2H2,1H3/t15-,16+,18+/m1/s1. The van der Waals surface area contributed by atoms with Gasteiger partial charge in [0.05, 0.1) is 6.61 Å². The summed E-state index contributed by atoms with van der Waals surface area (Å²) in [6.07, 6.45) is -2.56. The van der Waals surface area contributed by atoms with Crippen molar-refractivity contribution in [2.24, 2.45) is 0 Å². The van der Waals surface area contributed by atoms with Crippen LogP contribution in [0.3, 0.4) is 0 Å². The maximum absolute atomic E-state index is 13.1. The second kappa shape index (κ2) is 7.07. The van der Waals surface area contributed by atoms with Crippen LogP contribution in [0, 0.1) is 11.6 Å². The van der Waals surface area contributed by atoms with Crippen LogP contribution in [-0.2, 0) is 19.0 Å². The van der Waals surface area contributed by atoms with Gasteiger partial charge in [-0.1, -0.05) is 24.3 Å². The normalized spacial score (nSPS) is 23.2. The second-order valence-corrected chi connectivity index (χ2v) is 5.30. The van der Waals surface area contributed by atoms with Gasteiger partial charge in [0.25, 0.3) is 0 Å². The highest BCUT2D eigenvalue weighted by molar-refractivity contribution is 5.76. The molecule has 0 unspecified atom stereocenters. The summed E-state index contributed by atoms with van der Waals surface area (Å²) in [5.41, 5.74) is 1.18. The summed E-state index contributed by atoms with van der Waals surface area (Å²) in [5.74, 6) is -1.33. The van der Waals surface area contributed by atoms with Crippen LogP contribution < -0.4 is 0 Å². The van der Waals surface area contributed by atoms with Crippen molar-refractivity contribution in [3.63, 3.8) is 0 Å². The lowest BCUT2D eigenvalue weighted by Gasteiger charge is -2.15. The molecule has 0 radical (unpaired) electrons. The van der Waals surface area contributed by atoms with E-state index in [4.69, 9.17) is 14.2 Å². The molecule has 2 aromatic rings. The van der Waals surface area contributed by atoms with Crippen LogP contribution >= 0.6 is 0 Å². The lowest BCUT2D eigenvalue weighted by molar-refractivity contribution is -0.157. The molecule has 3 rings (SSSR count). The molecule has 0 spiro atoms. The molecule has 1 fully saturated rings. The fourth-order valence-electron chi connectivity index (χ4n) is 2.53. The first kappa shape index (κ1) is 16.5. The molecule has 1 saturated heterocycles. The third-order valence-corrected chi connectivity index (χ3v) is 3.67. The van der Waals surface area contributed by atoms with Crippen LogP contribution in [0.1, 0.15) is 30.4 Å². The van der Waals surface area contributed by atoms with Gasteiger partial charge in [0.2, 0.25) is 0 Å². The molecule has 0 saturated carbocycles. The second-order valence-electron chi connectivity index (χ2n) is 5.30. The molecule has 24 heavy (non-hydrogen) atoms. The van der Waals surface area contributed by atoms with Crippen LogP contribution in [0.4, 0.5) is 8.78 Å². The van der Waals surface area contributed by atoms with Gasteiger partial charge in [0.1, 0.15) is 17.7 Å². The number of hydrogen-bond acceptors (Lipinski definition) is 4. The number of benzene rings is 2. The number of rotatable bonds is 4. The number of ether oxygens (including phenoxy) is 3. The maximum atomic E-state index is 13.1. The Hall–Kier alpha value is -2.31. The number of hydrogen-bond donors (Lipinski definition) is 0. The fraction of sp³-hybridized carbons (Fsp3) is 0.278. The van der Waals surface area contributed by atoms with Gasteiger partial charge >= 0.3 is 5.97 Å². The quantitative estimate of drug-likeness (QED) is 0.800. The van der Waals surface area contributed by atoms with Crippen molar-refractivity contribution >= 4 is 5.97 Å². The Morgan fingerprint density at radius 1 is 0.958 bits per heavy atom. The molecular formula is C18H16F2O4. The van der Waals surface area contributed by atoms with Gasteiger partial charge in [-0.2, -0.15) is 0 Å². The van der Waals surface area contributed by atoms with Crippen LogP contribution in [0.25, 0.3) is 0 Å². The Morgan fingerprint density at radius 3 is 2.04 bits per heavy atom.